The Kier molecular flexibility index (Phi) is 5.54. The standard InChI is InChI=1S/C13H18O6/c1-8(7-10(14)15)12(16)19-11(13(17)18-2)9-5-3-4-6-9/h9,11H,1,3-7H2,2H3,(H,14,15). The monoisotopic (exact) mass is 270 g/mol. The second-order valence-corrected chi connectivity index (χ2v) is 4.57. The van der Waals surface area contributed by atoms with Crippen LogP contribution in [0.5, 0.6) is 0 Å². The summed E-state index contributed by atoms with van der Waals surface area (Å²) in [4.78, 5) is 33.8. The first-order valence-corrected chi connectivity index (χ1v) is 6.14. The third kappa shape index (κ3) is 4.39. The van der Waals surface area contributed by atoms with Gasteiger partial charge in [-0.2, -0.15) is 0 Å². The van der Waals surface area contributed by atoms with Crippen molar-refractivity contribution in [3.63, 3.8) is 0 Å². The molecule has 1 atom stereocenters. The van der Waals surface area contributed by atoms with Crippen molar-refractivity contribution in [1.29, 1.82) is 0 Å². The van der Waals surface area contributed by atoms with Gasteiger partial charge in [-0.15, -0.1) is 0 Å². The predicted molar refractivity (Wildman–Crippen MR) is 65.2 cm³/mol. The van der Waals surface area contributed by atoms with Gasteiger partial charge < -0.3 is 14.6 Å². The molecule has 0 bridgehead atoms. The van der Waals surface area contributed by atoms with E-state index in [4.69, 9.17) is 9.84 Å². The Morgan fingerprint density at radius 1 is 1.32 bits per heavy atom. The van der Waals surface area contributed by atoms with Gasteiger partial charge in [-0.05, 0) is 12.8 Å². The zero-order valence-corrected chi connectivity index (χ0v) is 10.9. The molecule has 0 amide bonds. The van der Waals surface area contributed by atoms with Crippen LogP contribution in [-0.2, 0) is 23.9 Å². The number of ether oxygens (including phenoxy) is 2. The minimum Gasteiger partial charge on any atom is -0.481 e. The van der Waals surface area contributed by atoms with Gasteiger partial charge in [0.1, 0.15) is 0 Å². The third-order valence-electron chi connectivity index (χ3n) is 3.15. The molecule has 0 aromatic heterocycles. The van der Waals surface area contributed by atoms with Crippen molar-refractivity contribution in [2.75, 3.05) is 7.11 Å². The second-order valence-electron chi connectivity index (χ2n) is 4.57. The Hall–Kier alpha value is -1.85. The number of carboxylic acid groups (broad SMARTS) is 1. The fourth-order valence-corrected chi connectivity index (χ4v) is 2.17. The molecule has 0 aromatic carbocycles. The smallest absolute Gasteiger partial charge is 0.347 e. The van der Waals surface area contributed by atoms with Gasteiger partial charge in [-0.3, -0.25) is 4.79 Å². The number of rotatable bonds is 6. The molecule has 0 aromatic rings. The predicted octanol–water partition coefficient (Wildman–Crippen LogP) is 1.29. The van der Waals surface area contributed by atoms with E-state index < -0.39 is 30.4 Å². The Balaban J connectivity index is 2.66. The van der Waals surface area contributed by atoms with Gasteiger partial charge >= 0.3 is 17.9 Å². The number of carboxylic acids is 1. The van der Waals surface area contributed by atoms with E-state index in [1.165, 1.54) is 7.11 Å². The van der Waals surface area contributed by atoms with Crippen LogP contribution in [0.1, 0.15) is 32.1 Å². The highest BCUT2D eigenvalue weighted by molar-refractivity contribution is 5.94. The molecule has 1 fully saturated rings. The maximum Gasteiger partial charge on any atom is 0.347 e. The topological polar surface area (TPSA) is 89.9 Å². The zero-order chi connectivity index (χ0) is 14.4. The van der Waals surface area contributed by atoms with Crippen LogP contribution in [0.2, 0.25) is 0 Å². The van der Waals surface area contributed by atoms with Crippen LogP contribution < -0.4 is 0 Å². The molecule has 0 spiro atoms. The first kappa shape index (κ1) is 15.2. The number of hydrogen-bond acceptors (Lipinski definition) is 5. The van der Waals surface area contributed by atoms with Gasteiger partial charge in [0, 0.05) is 11.5 Å². The molecule has 1 aliphatic carbocycles. The lowest BCUT2D eigenvalue weighted by atomic mass is 10.0. The lowest BCUT2D eigenvalue weighted by Gasteiger charge is -2.21. The first-order chi connectivity index (χ1) is 8.95. The van der Waals surface area contributed by atoms with Crippen molar-refractivity contribution in [1.82, 2.24) is 0 Å². The molecular formula is C13H18O6. The number of carbonyl (C=O) groups is 3. The summed E-state index contributed by atoms with van der Waals surface area (Å²) in [7, 11) is 1.23. The van der Waals surface area contributed by atoms with Crippen molar-refractivity contribution in [3.05, 3.63) is 12.2 Å². The number of hydrogen-bond donors (Lipinski definition) is 1. The van der Waals surface area contributed by atoms with Crippen LogP contribution in [0, 0.1) is 5.92 Å². The van der Waals surface area contributed by atoms with Crippen LogP contribution in [0.25, 0.3) is 0 Å². The normalized spacial score (nSPS) is 16.7. The van der Waals surface area contributed by atoms with Gasteiger partial charge in [0.05, 0.1) is 13.5 Å². The minimum atomic E-state index is -1.17. The maximum absolute atomic E-state index is 11.7. The number of aliphatic carboxylic acids is 1. The maximum atomic E-state index is 11.7. The highest BCUT2D eigenvalue weighted by atomic mass is 16.6. The Bertz CT molecular complexity index is 381. The summed E-state index contributed by atoms with van der Waals surface area (Å²) in [6.07, 6.45) is 2.07. The molecule has 0 aliphatic heterocycles. The van der Waals surface area contributed by atoms with E-state index >= 15 is 0 Å². The van der Waals surface area contributed by atoms with Crippen LogP contribution in [0.15, 0.2) is 12.2 Å². The first-order valence-electron chi connectivity index (χ1n) is 6.14. The molecule has 1 saturated carbocycles. The molecule has 0 radical (unpaired) electrons. The lowest BCUT2D eigenvalue weighted by Crippen LogP contribution is -2.35. The summed E-state index contributed by atoms with van der Waals surface area (Å²) in [5, 5.41) is 8.57. The van der Waals surface area contributed by atoms with Crippen LogP contribution in [0.3, 0.4) is 0 Å². The summed E-state index contributed by atoms with van der Waals surface area (Å²) in [6.45, 7) is 3.35. The van der Waals surface area contributed by atoms with E-state index in [1.54, 1.807) is 0 Å². The van der Waals surface area contributed by atoms with Gasteiger partial charge in [0.2, 0.25) is 6.10 Å². The molecule has 0 saturated heterocycles. The largest absolute Gasteiger partial charge is 0.481 e. The van der Waals surface area contributed by atoms with Gasteiger partial charge in [0.15, 0.2) is 0 Å². The zero-order valence-electron chi connectivity index (χ0n) is 10.9. The van der Waals surface area contributed by atoms with Crippen molar-refractivity contribution >= 4 is 17.9 Å². The van der Waals surface area contributed by atoms with E-state index in [9.17, 15) is 14.4 Å². The molecule has 6 nitrogen and oxygen atoms in total. The fourth-order valence-electron chi connectivity index (χ4n) is 2.17. The average molecular weight is 270 g/mol. The van der Waals surface area contributed by atoms with Crippen molar-refractivity contribution in [2.24, 2.45) is 5.92 Å². The summed E-state index contributed by atoms with van der Waals surface area (Å²) < 4.78 is 9.70. The summed E-state index contributed by atoms with van der Waals surface area (Å²) in [5.41, 5.74) is -0.181. The molecule has 1 N–H and O–H groups in total. The van der Waals surface area contributed by atoms with E-state index in [2.05, 4.69) is 11.3 Å². The van der Waals surface area contributed by atoms with Gasteiger partial charge in [-0.25, -0.2) is 9.59 Å². The molecule has 1 aliphatic rings. The van der Waals surface area contributed by atoms with E-state index in [0.717, 1.165) is 25.7 Å². The van der Waals surface area contributed by atoms with Crippen molar-refractivity contribution in [2.45, 2.75) is 38.2 Å². The Morgan fingerprint density at radius 2 is 1.89 bits per heavy atom. The molecule has 6 heteroatoms. The summed E-state index contributed by atoms with van der Waals surface area (Å²) in [6, 6.07) is 0. The number of esters is 2. The third-order valence-corrected chi connectivity index (χ3v) is 3.15. The number of carbonyl (C=O) groups excluding carboxylic acids is 2. The molecule has 106 valence electrons. The Labute approximate surface area is 111 Å². The minimum absolute atomic E-state index is 0.0611. The van der Waals surface area contributed by atoms with E-state index in [-0.39, 0.29) is 11.5 Å². The van der Waals surface area contributed by atoms with Crippen molar-refractivity contribution < 1.29 is 29.0 Å². The quantitative estimate of drug-likeness (QED) is 0.578. The SMILES string of the molecule is C=C(CC(=O)O)C(=O)OC(C(=O)OC)C1CCCC1. The lowest BCUT2D eigenvalue weighted by molar-refractivity contribution is -0.167. The van der Waals surface area contributed by atoms with Crippen LogP contribution in [0.4, 0.5) is 0 Å². The number of methoxy groups -OCH3 is 1. The summed E-state index contributed by atoms with van der Waals surface area (Å²) in [5.74, 6) is -2.69. The molecule has 1 rings (SSSR count). The average Bonchev–Trinajstić information content (AvgIpc) is 2.87. The van der Waals surface area contributed by atoms with Crippen LogP contribution >= 0.6 is 0 Å². The van der Waals surface area contributed by atoms with E-state index in [0.29, 0.717) is 0 Å². The highest BCUT2D eigenvalue weighted by Crippen LogP contribution is 2.30. The molecule has 1 unspecified atom stereocenters. The van der Waals surface area contributed by atoms with Crippen LogP contribution in [-0.4, -0.2) is 36.2 Å². The second kappa shape index (κ2) is 6.92. The van der Waals surface area contributed by atoms with Gasteiger partial charge in [0.25, 0.3) is 0 Å². The van der Waals surface area contributed by atoms with Gasteiger partial charge in [-0.1, -0.05) is 19.4 Å². The fraction of sp³-hybridized carbons (Fsp3) is 0.615. The molecule has 0 heterocycles. The molecular weight excluding hydrogens is 252 g/mol. The van der Waals surface area contributed by atoms with Crippen molar-refractivity contribution in [3.8, 4) is 0 Å². The highest BCUT2D eigenvalue weighted by Gasteiger charge is 2.35. The van der Waals surface area contributed by atoms with E-state index in [1.807, 2.05) is 0 Å². The Morgan fingerprint density at radius 3 is 2.37 bits per heavy atom. The molecule has 19 heavy (non-hydrogen) atoms. The summed E-state index contributed by atoms with van der Waals surface area (Å²) >= 11 is 0.